The highest BCUT2D eigenvalue weighted by molar-refractivity contribution is 7.91. The average Bonchev–Trinajstić information content (AvgIpc) is 2.76. The Balaban J connectivity index is 2.07. The van der Waals surface area contributed by atoms with Crippen molar-refractivity contribution in [1.82, 2.24) is 10.2 Å². The summed E-state index contributed by atoms with van der Waals surface area (Å²) in [6.45, 7) is 0.110. The molecule has 0 aromatic heterocycles. The SMILES string of the molecule is NCc1ccc(S(=O)(=O)CCN2C(=O)CNC2=O)cc1. The Hall–Kier alpha value is -1.93. The summed E-state index contributed by atoms with van der Waals surface area (Å²) in [6.07, 6.45) is 0. The number of carbonyl (C=O) groups excluding carboxylic acids is 2. The lowest BCUT2D eigenvalue weighted by molar-refractivity contribution is -0.124. The zero-order chi connectivity index (χ0) is 14.8. The predicted octanol–water partition coefficient (Wildman–Crippen LogP) is -0.529. The Morgan fingerprint density at radius 1 is 1.20 bits per heavy atom. The van der Waals surface area contributed by atoms with E-state index < -0.39 is 21.8 Å². The van der Waals surface area contributed by atoms with Crippen LogP contribution in [0, 0.1) is 0 Å². The number of carbonyl (C=O) groups is 2. The van der Waals surface area contributed by atoms with Gasteiger partial charge in [0.2, 0.25) is 5.91 Å². The third-order valence-electron chi connectivity index (χ3n) is 3.04. The van der Waals surface area contributed by atoms with Crippen molar-refractivity contribution >= 4 is 21.8 Å². The van der Waals surface area contributed by atoms with E-state index in [4.69, 9.17) is 5.73 Å². The van der Waals surface area contributed by atoms with E-state index in [0.29, 0.717) is 6.54 Å². The van der Waals surface area contributed by atoms with Gasteiger partial charge in [-0.1, -0.05) is 12.1 Å². The summed E-state index contributed by atoms with van der Waals surface area (Å²) in [6, 6.07) is 5.68. The second-order valence-electron chi connectivity index (χ2n) is 4.37. The number of benzene rings is 1. The minimum atomic E-state index is -3.53. The van der Waals surface area contributed by atoms with Crippen LogP contribution in [0.2, 0.25) is 0 Å². The van der Waals surface area contributed by atoms with Crippen molar-refractivity contribution in [2.24, 2.45) is 5.73 Å². The molecule has 2 rings (SSSR count). The summed E-state index contributed by atoms with van der Waals surface area (Å²) in [5, 5.41) is 2.34. The molecule has 3 amide bonds. The average molecular weight is 297 g/mol. The molecule has 1 aromatic rings. The topological polar surface area (TPSA) is 110 Å². The van der Waals surface area contributed by atoms with Gasteiger partial charge in [0.15, 0.2) is 9.84 Å². The first-order valence-corrected chi connectivity index (χ1v) is 7.69. The van der Waals surface area contributed by atoms with Gasteiger partial charge in [-0.15, -0.1) is 0 Å². The number of urea groups is 1. The van der Waals surface area contributed by atoms with E-state index in [-0.39, 0.29) is 23.7 Å². The summed E-state index contributed by atoms with van der Waals surface area (Å²) in [4.78, 5) is 23.7. The van der Waals surface area contributed by atoms with Gasteiger partial charge in [-0.2, -0.15) is 0 Å². The predicted molar refractivity (Wildman–Crippen MR) is 71.5 cm³/mol. The smallest absolute Gasteiger partial charge is 0.324 e. The minimum Gasteiger partial charge on any atom is -0.329 e. The monoisotopic (exact) mass is 297 g/mol. The van der Waals surface area contributed by atoms with Crippen molar-refractivity contribution in [2.45, 2.75) is 11.4 Å². The second-order valence-corrected chi connectivity index (χ2v) is 6.48. The number of hydrogen-bond acceptors (Lipinski definition) is 5. The van der Waals surface area contributed by atoms with Crippen LogP contribution in [0.4, 0.5) is 4.79 Å². The van der Waals surface area contributed by atoms with Gasteiger partial charge in [0.25, 0.3) is 0 Å². The zero-order valence-electron chi connectivity index (χ0n) is 10.7. The number of nitrogens with zero attached hydrogens (tertiary/aromatic N) is 1. The fourth-order valence-electron chi connectivity index (χ4n) is 1.84. The molecular formula is C12H15N3O4S. The summed E-state index contributed by atoms with van der Waals surface area (Å²) in [7, 11) is -3.53. The lowest BCUT2D eigenvalue weighted by atomic mass is 10.2. The van der Waals surface area contributed by atoms with Crippen molar-refractivity contribution in [3.63, 3.8) is 0 Å². The number of rotatable bonds is 5. The number of hydrogen-bond donors (Lipinski definition) is 2. The fourth-order valence-corrected chi connectivity index (χ4v) is 3.05. The number of sulfone groups is 1. The van der Waals surface area contributed by atoms with E-state index in [1.54, 1.807) is 12.1 Å². The van der Waals surface area contributed by atoms with E-state index in [2.05, 4.69) is 5.32 Å². The molecule has 1 aromatic carbocycles. The third kappa shape index (κ3) is 2.97. The summed E-state index contributed by atoms with van der Waals surface area (Å²) in [5.74, 6) is -0.711. The van der Waals surface area contributed by atoms with Crippen molar-refractivity contribution in [3.05, 3.63) is 29.8 Å². The van der Waals surface area contributed by atoms with E-state index in [0.717, 1.165) is 10.5 Å². The van der Waals surface area contributed by atoms with Gasteiger partial charge in [0.1, 0.15) is 0 Å². The molecule has 0 atom stereocenters. The molecule has 1 fully saturated rings. The molecule has 0 aliphatic carbocycles. The van der Waals surface area contributed by atoms with Crippen LogP contribution in [-0.4, -0.2) is 44.1 Å². The maximum atomic E-state index is 12.1. The molecule has 1 aliphatic rings. The first-order chi connectivity index (χ1) is 9.44. The van der Waals surface area contributed by atoms with Crippen molar-refractivity contribution in [3.8, 4) is 0 Å². The lowest BCUT2D eigenvalue weighted by Crippen LogP contribution is -2.35. The first kappa shape index (κ1) is 14.5. The summed E-state index contributed by atoms with van der Waals surface area (Å²) in [5.41, 5.74) is 6.27. The standard InChI is InChI=1S/C12H15N3O4S/c13-7-9-1-3-10(4-2-9)20(18,19)6-5-15-11(16)8-14-12(15)17/h1-4H,5-8,13H2,(H,14,17). The highest BCUT2D eigenvalue weighted by Gasteiger charge is 2.29. The molecule has 7 nitrogen and oxygen atoms in total. The molecule has 3 N–H and O–H groups in total. The molecule has 0 unspecified atom stereocenters. The largest absolute Gasteiger partial charge is 0.329 e. The van der Waals surface area contributed by atoms with E-state index >= 15 is 0 Å². The number of amides is 3. The molecule has 8 heteroatoms. The quantitative estimate of drug-likeness (QED) is 0.710. The van der Waals surface area contributed by atoms with Crippen LogP contribution in [0.5, 0.6) is 0 Å². The van der Waals surface area contributed by atoms with Crippen LogP contribution < -0.4 is 11.1 Å². The molecular weight excluding hydrogens is 282 g/mol. The van der Waals surface area contributed by atoms with Gasteiger partial charge in [-0.25, -0.2) is 13.2 Å². The molecule has 20 heavy (non-hydrogen) atoms. The third-order valence-corrected chi connectivity index (χ3v) is 4.75. The number of nitrogens with one attached hydrogen (secondary N) is 1. The Morgan fingerprint density at radius 3 is 2.35 bits per heavy atom. The molecule has 1 heterocycles. The van der Waals surface area contributed by atoms with Gasteiger partial charge in [0, 0.05) is 13.1 Å². The second kappa shape index (κ2) is 5.59. The fraction of sp³-hybridized carbons (Fsp3) is 0.333. The van der Waals surface area contributed by atoms with Crippen LogP contribution in [0.15, 0.2) is 29.2 Å². The minimum absolute atomic E-state index is 0.0793. The first-order valence-electron chi connectivity index (χ1n) is 6.04. The van der Waals surface area contributed by atoms with Gasteiger partial charge in [-0.05, 0) is 17.7 Å². The Bertz CT molecular complexity index is 609. The summed E-state index contributed by atoms with van der Waals surface area (Å²) >= 11 is 0. The Morgan fingerprint density at radius 2 is 1.85 bits per heavy atom. The van der Waals surface area contributed by atoms with Crippen molar-refractivity contribution in [2.75, 3.05) is 18.8 Å². The van der Waals surface area contributed by atoms with Crippen molar-refractivity contribution < 1.29 is 18.0 Å². The van der Waals surface area contributed by atoms with Crippen LogP contribution in [0.3, 0.4) is 0 Å². The maximum Gasteiger partial charge on any atom is 0.324 e. The molecule has 1 saturated heterocycles. The van der Waals surface area contributed by atoms with Crippen LogP contribution >= 0.6 is 0 Å². The van der Waals surface area contributed by atoms with Crippen LogP contribution in [0.1, 0.15) is 5.56 Å². The van der Waals surface area contributed by atoms with Gasteiger partial charge in [-0.3, -0.25) is 9.69 Å². The van der Waals surface area contributed by atoms with Crippen LogP contribution in [0.25, 0.3) is 0 Å². The maximum absolute atomic E-state index is 12.1. The molecule has 0 radical (unpaired) electrons. The molecule has 0 saturated carbocycles. The molecule has 0 spiro atoms. The van der Waals surface area contributed by atoms with Gasteiger partial charge in [0.05, 0.1) is 17.2 Å². The lowest BCUT2D eigenvalue weighted by Gasteiger charge is -2.12. The molecule has 1 aliphatic heterocycles. The van der Waals surface area contributed by atoms with E-state index in [1.807, 2.05) is 0 Å². The molecule has 0 bridgehead atoms. The van der Waals surface area contributed by atoms with Crippen molar-refractivity contribution in [1.29, 1.82) is 0 Å². The van der Waals surface area contributed by atoms with E-state index in [9.17, 15) is 18.0 Å². The van der Waals surface area contributed by atoms with Gasteiger partial charge < -0.3 is 11.1 Å². The number of nitrogens with two attached hydrogens (primary N) is 1. The Kier molecular flexibility index (Phi) is 4.05. The zero-order valence-corrected chi connectivity index (χ0v) is 11.5. The normalized spacial score (nSPS) is 15.6. The van der Waals surface area contributed by atoms with Gasteiger partial charge >= 0.3 is 6.03 Å². The van der Waals surface area contributed by atoms with E-state index in [1.165, 1.54) is 12.1 Å². The van der Waals surface area contributed by atoms with Crippen LogP contribution in [-0.2, 0) is 21.2 Å². The summed E-state index contributed by atoms with van der Waals surface area (Å²) < 4.78 is 24.2. The highest BCUT2D eigenvalue weighted by Crippen LogP contribution is 2.13. The highest BCUT2D eigenvalue weighted by atomic mass is 32.2. The Labute approximate surface area is 116 Å². The number of imide groups is 1. The molecule has 108 valence electrons.